The van der Waals surface area contributed by atoms with Gasteiger partial charge in [-0.2, -0.15) is 0 Å². The van der Waals surface area contributed by atoms with Crippen LogP contribution >= 0.6 is 11.3 Å². The number of anilines is 2. The Hall–Kier alpha value is -2.50. The predicted octanol–water partition coefficient (Wildman–Crippen LogP) is 3.21. The van der Waals surface area contributed by atoms with Crippen molar-refractivity contribution in [3.63, 3.8) is 0 Å². The van der Waals surface area contributed by atoms with Crippen molar-refractivity contribution in [1.29, 1.82) is 0 Å². The van der Waals surface area contributed by atoms with Crippen LogP contribution in [-0.4, -0.2) is 64.9 Å². The number of morpholine rings is 1. The number of thiazole rings is 1. The van der Waals surface area contributed by atoms with Crippen LogP contribution in [0.4, 0.5) is 20.3 Å². The third-order valence-corrected chi connectivity index (χ3v) is 7.18. The van der Waals surface area contributed by atoms with Gasteiger partial charge in [0.05, 0.1) is 18.1 Å². The zero-order chi connectivity index (χ0) is 22.1. The molecule has 2 aliphatic heterocycles. The highest BCUT2D eigenvalue weighted by molar-refractivity contribution is 7.11. The maximum Gasteiger partial charge on any atom is 0.274 e. The molecular formula is C21H24F2N6O2S. The molecular weight excluding hydrogens is 438 g/mol. The molecule has 2 aliphatic rings. The van der Waals surface area contributed by atoms with E-state index in [1.54, 1.807) is 0 Å². The normalized spacial score (nSPS) is 20.8. The molecule has 5 rings (SSSR count). The summed E-state index contributed by atoms with van der Waals surface area (Å²) in [5, 5.41) is 24.6. The lowest BCUT2D eigenvalue weighted by atomic mass is 9.92. The van der Waals surface area contributed by atoms with Crippen LogP contribution in [0.15, 0.2) is 24.4 Å². The lowest BCUT2D eigenvalue weighted by Crippen LogP contribution is -2.38. The Kier molecular flexibility index (Phi) is 6.11. The first-order valence-electron chi connectivity index (χ1n) is 10.7. The van der Waals surface area contributed by atoms with E-state index in [-0.39, 0.29) is 10.8 Å². The van der Waals surface area contributed by atoms with E-state index >= 15 is 0 Å². The number of hydrogen-bond donors (Lipinski definition) is 1. The fraction of sp³-hybridized carbons (Fsp3) is 0.524. The minimum absolute atomic E-state index is 0.117. The van der Waals surface area contributed by atoms with Crippen LogP contribution in [0.25, 0.3) is 10.9 Å². The molecule has 2 atom stereocenters. The molecule has 170 valence electrons. The first-order chi connectivity index (χ1) is 15.6. The van der Waals surface area contributed by atoms with Gasteiger partial charge in [-0.05, 0) is 36.3 Å². The van der Waals surface area contributed by atoms with Crippen LogP contribution in [0.2, 0.25) is 0 Å². The van der Waals surface area contributed by atoms with Gasteiger partial charge in [0.1, 0.15) is 16.6 Å². The fourth-order valence-corrected chi connectivity index (χ4v) is 5.27. The van der Waals surface area contributed by atoms with Crippen molar-refractivity contribution < 1.29 is 18.6 Å². The summed E-state index contributed by atoms with van der Waals surface area (Å²) in [4.78, 5) is 8.28. The molecule has 11 heteroatoms. The highest BCUT2D eigenvalue weighted by Gasteiger charge is 2.31. The number of piperidine rings is 1. The molecule has 2 saturated heterocycles. The Labute approximate surface area is 187 Å². The molecule has 0 amide bonds. The van der Waals surface area contributed by atoms with Gasteiger partial charge < -0.3 is 19.6 Å². The number of benzene rings is 1. The third kappa shape index (κ3) is 4.24. The number of aromatic nitrogens is 4. The first-order valence-corrected chi connectivity index (χ1v) is 11.5. The smallest absolute Gasteiger partial charge is 0.274 e. The number of nitrogens with zero attached hydrogens (tertiary/aromatic N) is 6. The van der Waals surface area contributed by atoms with E-state index in [2.05, 4.69) is 36.3 Å². The molecule has 1 N–H and O–H groups in total. The maximum absolute atomic E-state index is 12.9. The molecule has 0 spiro atoms. The number of fused-ring (bicyclic) bond motifs is 1. The number of hydrogen-bond acceptors (Lipinski definition) is 9. The molecule has 0 unspecified atom stereocenters. The number of aliphatic hydroxyl groups is 1. The van der Waals surface area contributed by atoms with E-state index in [9.17, 15) is 13.9 Å². The Morgan fingerprint density at radius 2 is 1.97 bits per heavy atom. The third-order valence-electron chi connectivity index (χ3n) is 6.10. The van der Waals surface area contributed by atoms with E-state index < -0.39 is 12.5 Å². The summed E-state index contributed by atoms with van der Waals surface area (Å²) in [6.07, 6.45) is -0.658. The van der Waals surface area contributed by atoms with Crippen LogP contribution in [-0.2, 0) is 4.74 Å². The zero-order valence-corrected chi connectivity index (χ0v) is 18.2. The van der Waals surface area contributed by atoms with Gasteiger partial charge in [0.25, 0.3) is 6.43 Å². The molecule has 32 heavy (non-hydrogen) atoms. The Bertz CT molecular complexity index is 1080. The van der Waals surface area contributed by atoms with Crippen molar-refractivity contribution in [3.8, 4) is 0 Å². The first kappa shape index (κ1) is 21.4. The topological polar surface area (TPSA) is 87.5 Å². The second-order valence-electron chi connectivity index (χ2n) is 8.11. The molecule has 3 aromatic rings. The van der Waals surface area contributed by atoms with Crippen LogP contribution in [0, 0.1) is 5.92 Å². The second-order valence-corrected chi connectivity index (χ2v) is 9.20. The average molecular weight is 463 g/mol. The van der Waals surface area contributed by atoms with Crippen LogP contribution < -0.4 is 9.80 Å². The van der Waals surface area contributed by atoms with Gasteiger partial charge in [0.2, 0.25) is 0 Å². The predicted molar refractivity (Wildman–Crippen MR) is 117 cm³/mol. The molecule has 4 heterocycles. The number of ether oxygens (including phenoxy) is 1. The van der Waals surface area contributed by atoms with Gasteiger partial charge in [0.15, 0.2) is 5.82 Å². The monoisotopic (exact) mass is 462 g/mol. The van der Waals surface area contributed by atoms with Crippen molar-refractivity contribution >= 4 is 33.7 Å². The summed E-state index contributed by atoms with van der Waals surface area (Å²) >= 11 is 0.876. The van der Waals surface area contributed by atoms with E-state index in [1.165, 1.54) is 0 Å². The van der Waals surface area contributed by atoms with Crippen molar-refractivity contribution in [1.82, 2.24) is 20.4 Å². The Morgan fingerprint density at radius 3 is 2.75 bits per heavy atom. The Balaban J connectivity index is 1.37. The summed E-state index contributed by atoms with van der Waals surface area (Å²) in [6, 6.07) is 6.11. The zero-order valence-electron chi connectivity index (χ0n) is 17.4. The number of aliphatic hydroxyl groups excluding tert-OH is 1. The second kappa shape index (κ2) is 9.16. The van der Waals surface area contributed by atoms with Crippen molar-refractivity contribution in [2.45, 2.75) is 25.4 Å². The van der Waals surface area contributed by atoms with Gasteiger partial charge in [-0.3, -0.25) is 0 Å². The van der Waals surface area contributed by atoms with E-state index in [1.807, 2.05) is 12.1 Å². The molecule has 0 bridgehead atoms. The highest BCUT2D eigenvalue weighted by atomic mass is 32.1. The van der Waals surface area contributed by atoms with E-state index in [0.717, 1.165) is 72.4 Å². The Morgan fingerprint density at radius 1 is 1.12 bits per heavy atom. The van der Waals surface area contributed by atoms with Crippen molar-refractivity contribution in [2.24, 2.45) is 5.92 Å². The summed E-state index contributed by atoms with van der Waals surface area (Å²) in [6.45, 7) is 4.42. The van der Waals surface area contributed by atoms with Crippen LogP contribution in [0.5, 0.6) is 0 Å². The summed E-state index contributed by atoms with van der Waals surface area (Å²) in [7, 11) is 0. The molecule has 2 aromatic heterocycles. The standard InChI is InChI=1S/C21H24F2N6O2S/c22-19(23)17-11-24-21(32-17)18(30)13-2-1-5-29(12-13)20-15-4-3-14(10-16(15)25-27-26-20)28-6-8-31-9-7-28/h3-4,10-11,13,18-19,30H,1-2,5-9,12H2/t13-,18-/m0/s1. The lowest BCUT2D eigenvalue weighted by Gasteiger charge is -2.35. The minimum atomic E-state index is -2.57. The van der Waals surface area contributed by atoms with Crippen LogP contribution in [0.3, 0.4) is 0 Å². The quantitative estimate of drug-likeness (QED) is 0.619. The molecule has 0 saturated carbocycles. The van der Waals surface area contributed by atoms with Gasteiger partial charge in [0, 0.05) is 49.4 Å². The van der Waals surface area contributed by atoms with Crippen molar-refractivity contribution in [2.75, 3.05) is 49.2 Å². The van der Waals surface area contributed by atoms with Gasteiger partial charge in [-0.25, -0.2) is 13.8 Å². The number of alkyl halides is 2. The van der Waals surface area contributed by atoms with Gasteiger partial charge in [-0.1, -0.05) is 0 Å². The number of halogens is 2. The van der Waals surface area contributed by atoms with Gasteiger partial charge in [-0.15, -0.1) is 21.5 Å². The summed E-state index contributed by atoms with van der Waals surface area (Å²) in [5.41, 5.74) is 1.85. The molecule has 0 aliphatic carbocycles. The lowest BCUT2D eigenvalue weighted by molar-refractivity contribution is 0.0977. The van der Waals surface area contributed by atoms with E-state index in [0.29, 0.717) is 24.8 Å². The molecule has 0 radical (unpaired) electrons. The molecule has 2 fully saturated rings. The van der Waals surface area contributed by atoms with Crippen molar-refractivity contribution in [3.05, 3.63) is 34.3 Å². The average Bonchev–Trinajstić information content (AvgIpc) is 3.34. The maximum atomic E-state index is 12.9. The SMILES string of the molecule is O[C@H](c1ncc(C(F)F)s1)[C@H]1CCCN(c2nnnc3cc(N4CCOCC4)ccc23)C1. The summed E-state index contributed by atoms with van der Waals surface area (Å²) in [5.74, 6) is 0.603. The van der Waals surface area contributed by atoms with Crippen LogP contribution in [0.1, 0.15) is 35.3 Å². The highest BCUT2D eigenvalue weighted by Crippen LogP contribution is 2.36. The molecule has 8 nitrogen and oxygen atoms in total. The number of rotatable bonds is 5. The summed E-state index contributed by atoms with van der Waals surface area (Å²) < 4.78 is 31.3. The fourth-order valence-electron chi connectivity index (χ4n) is 4.41. The minimum Gasteiger partial charge on any atom is -0.386 e. The van der Waals surface area contributed by atoms with Gasteiger partial charge >= 0.3 is 0 Å². The largest absolute Gasteiger partial charge is 0.386 e. The molecule has 1 aromatic carbocycles. The van der Waals surface area contributed by atoms with E-state index in [4.69, 9.17) is 4.74 Å².